The first-order chi connectivity index (χ1) is 10.0. The van der Waals surface area contributed by atoms with Crippen LogP contribution in [0.1, 0.15) is 17.9 Å². The lowest BCUT2D eigenvalue weighted by molar-refractivity contribution is -0.137. The standard InChI is InChI=1S/C15H16N2O4/c1-10-2-4-11(5-3-10)12-8-17-14(21-12)7-6-13(18)16-9-15(19)20/h2-5,8H,6-7,9H2,1H3,(H,16,18)(H,19,20). The minimum absolute atomic E-state index is 0.140. The highest BCUT2D eigenvalue weighted by atomic mass is 16.4. The van der Waals surface area contributed by atoms with Gasteiger partial charge in [-0.2, -0.15) is 0 Å². The third-order valence-electron chi connectivity index (χ3n) is 2.89. The van der Waals surface area contributed by atoms with Crippen molar-refractivity contribution in [2.24, 2.45) is 0 Å². The molecule has 0 aliphatic carbocycles. The molecule has 0 aliphatic heterocycles. The molecule has 0 unspecified atom stereocenters. The van der Waals surface area contributed by atoms with Gasteiger partial charge in [0, 0.05) is 18.4 Å². The summed E-state index contributed by atoms with van der Waals surface area (Å²) in [5.41, 5.74) is 2.09. The number of aromatic nitrogens is 1. The number of amides is 1. The lowest BCUT2D eigenvalue weighted by Gasteiger charge is -2.00. The van der Waals surface area contributed by atoms with Crippen LogP contribution >= 0.6 is 0 Å². The highest BCUT2D eigenvalue weighted by Gasteiger charge is 2.09. The van der Waals surface area contributed by atoms with Gasteiger partial charge in [-0.1, -0.05) is 29.8 Å². The molecule has 0 saturated carbocycles. The maximum atomic E-state index is 11.4. The van der Waals surface area contributed by atoms with Gasteiger partial charge < -0.3 is 14.8 Å². The van der Waals surface area contributed by atoms with Gasteiger partial charge in [0.05, 0.1) is 6.20 Å². The van der Waals surface area contributed by atoms with E-state index in [1.165, 1.54) is 0 Å². The topological polar surface area (TPSA) is 92.4 Å². The van der Waals surface area contributed by atoms with E-state index in [1.807, 2.05) is 31.2 Å². The number of nitrogens with one attached hydrogen (secondary N) is 1. The van der Waals surface area contributed by atoms with Crippen molar-refractivity contribution in [3.63, 3.8) is 0 Å². The Morgan fingerprint density at radius 2 is 2.00 bits per heavy atom. The highest BCUT2D eigenvalue weighted by molar-refractivity contribution is 5.81. The Morgan fingerprint density at radius 1 is 1.29 bits per heavy atom. The third kappa shape index (κ3) is 4.45. The van der Waals surface area contributed by atoms with E-state index in [9.17, 15) is 9.59 Å². The fourth-order valence-electron chi connectivity index (χ4n) is 1.76. The van der Waals surface area contributed by atoms with E-state index in [2.05, 4.69) is 10.3 Å². The molecule has 1 heterocycles. The molecule has 0 atom stereocenters. The molecule has 1 amide bonds. The number of rotatable bonds is 6. The number of nitrogens with zero attached hydrogens (tertiary/aromatic N) is 1. The number of benzene rings is 1. The molecule has 0 radical (unpaired) electrons. The molecule has 21 heavy (non-hydrogen) atoms. The van der Waals surface area contributed by atoms with Crippen LogP contribution in [0.2, 0.25) is 0 Å². The van der Waals surface area contributed by atoms with Crippen molar-refractivity contribution < 1.29 is 19.1 Å². The number of oxazole rings is 1. The number of carboxylic acids is 1. The van der Waals surface area contributed by atoms with Crippen LogP contribution in [-0.2, 0) is 16.0 Å². The van der Waals surface area contributed by atoms with Crippen LogP contribution in [-0.4, -0.2) is 28.5 Å². The fourth-order valence-corrected chi connectivity index (χ4v) is 1.76. The molecular weight excluding hydrogens is 272 g/mol. The third-order valence-corrected chi connectivity index (χ3v) is 2.89. The van der Waals surface area contributed by atoms with Crippen molar-refractivity contribution in [2.45, 2.75) is 19.8 Å². The van der Waals surface area contributed by atoms with Crippen LogP contribution < -0.4 is 5.32 Å². The number of aryl methyl sites for hydroxylation is 2. The molecule has 0 saturated heterocycles. The Balaban J connectivity index is 1.90. The average Bonchev–Trinajstić information content (AvgIpc) is 2.92. The van der Waals surface area contributed by atoms with E-state index in [0.717, 1.165) is 11.1 Å². The zero-order valence-electron chi connectivity index (χ0n) is 11.6. The van der Waals surface area contributed by atoms with E-state index in [1.54, 1.807) is 6.20 Å². The molecule has 110 valence electrons. The summed E-state index contributed by atoms with van der Waals surface area (Å²) < 4.78 is 5.58. The number of hydrogen-bond acceptors (Lipinski definition) is 4. The smallest absolute Gasteiger partial charge is 0.322 e. The quantitative estimate of drug-likeness (QED) is 0.845. The minimum Gasteiger partial charge on any atom is -0.480 e. The van der Waals surface area contributed by atoms with Crippen LogP contribution in [0.25, 0.3) is 11.3 Å². The predicted molar refractivity (Wildman–Crippen MR) is 75.6 cm³/mol. The largest absolute Gasteiger partial charge is 0.480 e. The van der Waals surface area contributed by atoms with Gasteiger partial charge >= 0.3 is 5.97 Å². The van der Waals surface area contributed by atoms with E-state index >= 15 is 0 Å². The van der Waals surface area contributed by atoms with Gasteiger partial charge in [-0.15, -0.1) is 0 Å². The average molecular weight is 288 g/mol. The van der Waals surface area contributed by atoms with E-state index in [0.29, 0.717) is 18.1 Å². The maximum Gasteiger partial charge on any atom is 0.322 e. The predicted octanol–water partition coefficient (Wildman–Crippen LogP) is 1.78. The number of hydrogen-bond donors (Lipinski definition) is 2. The summed E-state index contributed by atoms with van der Waals surface area (Å²) in [6, 6.07) is 7.85. The first-order valence-electron chi connectivity index (χ1n) is 6.55. The van der Waals surface area contributed by atoms with Crippen LogP contribution in [0.3, 0.4) is 0 Å². The molecular formula is C15H16N2O4. The zero-order valence-corrected chi connectivity index (χ0v) is 11.6. The molecule has 0 bridgehead atoms. The number of aliphatic carboxylic acids is 1. The summed E-state index contributed by atoms with van der Waals surface area (Å²) in [7, 11) is 0. The van der Waals surface area contributed by atoms with Gasteiger partial charge in [-0.05, 0) is 6.92 Å². The lowest BCUT2D eigenvalue weighted by Crippen LogP contribution is -2.29. The molecule has 1 aromatic carbocycles. The number of carbonyl (C=O) groups excluding carboxylic acids is 1. The summed E-state index contributed by atoms with van der Waals surface area (Å²) in [6.07, 6.45) is 2.09. The Kier molecular flexibility index (Phi) is 4.71. The Labute approximate surface area is 121 Å². The van der Waals surface area contributed by atoms with Crippen molar-refractivity contribution in [1.82, 2.24) is 10.3 Å². The molecule has 0 spiro atoms. The zero-order chi connectivity index (χ0) is 15.2. The van der Waals surface area contributed by atoms with Gasteiger partial charge in [0.1, 0.15) is 6.54 Å². The van der Waals surface area contributed by atoms with Gasteiger partial charge in [0.25, 0.3) is 0 Å². The number of carbonyl (C=O) groups is 2. The lowest BCUT2D eigenvalue weighted by atomic mass is 10.1. The molecule has 6 heteroatoms. The highest BCUT2D eigenvalue weighted by Crippen LogP contribution is 2.21. The summed E-state index contributed by atoms with van der Waals surface area (Å²) in [6.45, 7) is 1.63. The first-order valence-corrected chi connectivity index (χ1v) is 6.55. The Morgan fingerprint density at radius 3 is 2.67 bits per heavy atom. The normalized spacial score (nSPS) is 10.3. The Hall–Kier alpha value is -2.63. The van der Waals surface area contributed by atoms with Crippen molar-refractivity contribution in [3.8, 4) is 11.3 Å². The monoisotopic (exact) mass is 288 g/mol. The molecule has 2 N–H and O–H groups in total. The molecule has 2 aromatic rings. The second-order valence-electron chi connectivity index (χ2n) is 4.65. The minimum atomic E-state index is -1.07. The van der Waals surface area contributed by atoms with Crippen molar-refractivity contribution in [3.05, 3.63) is 41.9 Å². The van der Waals surface area contributed by atoms with E-state index < -0.39 is 5.97 Å². The summed E-state index contributed by atoms with van der Waals surface area (Å²) in [4.78, 5) is 25.8. The molecule has 0 aliphatic rings. The molecule has 1 aromatic heterocycles. The van der Waals surface area contributed by atoms with E-state index in [-0.39, 0.29) is 18.9 Å². The summed E-state index contributed by atoms with van der Waals surface area (Å²) in [5, 5.41) is 10.7. The van der Waals surface area contributed by atoms with Gasteiger partial charge in [0.15, 0.2) is 11.7 Å². The van der Waals surface area contributed by atoms with Crippen molar-refractivity contribution >= 4 is 11.9 Å². The van der Waals surface area contributed by atoms with Crippen LogP contribution in [0.5, 0.6) is 0 Å². The van der Waals surface area contributed by atoms with Crippen LogP contribution in [0, 0.1) is 6.92 Å². The molecule has 6 nitrogen and oxygen atoms in total. The van der Waals surface area contributed by atoms with Gasteiger partial charge in [0.2, 0.25) is 5.91 Å². The maximum absolute atomic E-state index is 11.4. The summed E-state index contributed by atoms with van der Waals surface area (Å²) >= 11 is 0. The number of carboxylic acid groups (broad SMARTS) is 1. The second-order valence-corrected chi connectivity index (χ2v) is 4.65. The van der Waals surface area contributed by atoms with Crippen LogP contribution in [0.4, 0.5) is 0 Å². The fraction of sp³-hybridized carbons (Fsp3) is 0.267. The van der Waals surface area contributed by atoms with E-state index in [4.69, 9.17) is 9.52 Å². The first kappa shape index (κ1) is 14.8. The van der Waals surface area contributed by atoms with Gasteiger partial charge in [-0.3, -0.25) is 9.59 Å². The SMILES string of the molecule is Cc1ccc(-c2cnc(CCC(=O)NCC(=O)O)o2)cc1. The van der Waals surface area contributed by atoms with Crippen LogP contribution in [0.15, 0.2) is 34.9 Å². The van der Waals surface area contributed by atoms with Gasteiger partial charge in [-0.25, -0.2) is 4.98 Å². The molecule has 0 fully saturated rings. The second kappa shape index (κ2) is 6.69. The Bertz CT molecular complexity index is 631. The van der Waals surface area contributed by atoms with Crippen molar-refractivity contribution in [2.75, 3.05) is 6.54 Å². The van der Waals surface area contributed by atoms with Crippen molar-refractivity contribution in [1.29, 1.82) is 0 Å². The molecule has 2 rings (SSSR count). The summed E-state index contributed by atoms with van der Waals surface area (Å²) in [5.74, 6) is -0.305.